The lowest BCUT2D eigenvalue weighted by atomic mass is 10.1. The van der Waals surface area contributed by atoms with Gasteiger partial charge >= 0.3 is 0 Å². The predicted octanol–water partition coefficient (Wildman–Crippen LogP) is 2.75. The zero-order chi connectivity index (χ0) is 19.7. The summed E-state index contributed by atoms with van der Waals surface area (Å²) in [7, 11) is -3.73. The average Bonchev–Trinajstić information content (AvgIpc) is 3.30. The number of hydrogen-bond donors (Lipinski definition) is 1. The van der Waals surface area contributed by atoms with E-state index >= 15 is 0 Å². The third-order valence-corrected chi connectivity index (χ3v) is 6.82. The predicted molar refractivity (Wildman–Crippen MR) is 101 cm³/mol. The first-order valence-corrected chi connectivity index (χ1v) is 10.4. The van der Waals surface area contributed by atoms with Gasteiger partial charge in [0, 0.05) is 18.9 Å². The summed E-state index contributed by atoms with van der Waals surface area (Å²) in [5.74, 6) is 1.45. The molecule has 0 spiro atoms. The molecule has 10 heteroatoms. The maximum absolute atomic E-state index is 13.3. The van der Waals surface area contributed by atoms with Gasteiger partial charge in [-0.1, -0.05) is 11.2 Å². The summed E-state index contributed by atoms with van der Waals surface area (Å²) >= 11 is 0. The van der Waals surface area contributed by atoms with Gasteiger partial charge in [0.15, 0.2) is 5.76 Å². The molecular formula is C18H20N6O3S. The minimum atomic E-state index is -3.73. The molecule has 1 unspecified atom stereocenters. The number of nitrogens with one attached hydrogen (secondary N) is 1. The van der Waals surface area contributed by atoms with E-state index in [9.17, 15) is 8.42 Å². The SMILES string of the molecule is Cc1noc(C)c1S(=O)(=O)N1CCCC1c1cccc(Nc2cnccn2)n1. The molecule has 3 aromatic rings. The Labute approximate surface area is 162 Å². The molecule has 0 aliphatic carbocycles. The molecule has 1 aliphatic heterocycles. The first kappa shape index (κ1) is 18.5. The van der Waals surface area contributed by atoms with Gasteiger partial charge in [-0.2, -0.15) is 4.31 Å². The molecule has 9 nitrogen and oxygen atoms in total. The van der Waals surface area contributed by atoms with Gasteiger partial charge in [0.2, 0.25) is 10.0 Å². The number of nitrogens with zero attached hydrogens (tertiary/aromatic N) is 5. The van der Waals surface area contributed by atoms with Crippen molar-refractivity contribution in [3.63, 3.8) is 0 Å². The van der Waals surface area contributed by atoms with Crippen LogP contribution in [0.3, 0.4) is 0 Å². The number of sulfonamides is 1. The molecule has 1 N–H and O–H groups in total. The highest BCUT2D eigenvalue weighted by Crippen LogP contribution is 2.37. The van der Waals surface area contributed by atoms with Crippen molar-refractivity contribution in [3.05, 3.63) is 53.9 Å². The molecule has 28 heavy (non-hydrogen) atoms. The van der Waals surface area contributed by atoms with Gasteiger partial charge in [-0.25, -0.2) is 18.4 Å². The van der Waals surface area contributed by atoms with Crippen LogP contribution in [-0.4, -0.2) is 39.4 Å². The number of anilines is 2. The van der Waals surface area contributed by atoms with Crippen LogP contribution in [0.2, 0.25) is 0 Å². The van der Waals surface area contributed by atoms with Crippen molar-refractivity contribution in [2.75, 3.05) is 11.9 Å². The Morgan fingerprint density at radius 3 is 2.79 bits per heavy atom. The third-order valence-electron chi connectivity index (χ3n) is 4.67. The van der Waals surface area contributed by atoms with Crippen molar-refractivity contribution >= 4 is 21.7 Å². The molecule has 3 aromatic heterocycles. The van der Waals surface area contributed by atoms with Crippen molar-refractivity contribution in [3.8, 4) is 0 Å². The van der Waals surface area contributed by atoms with Crippen LogP contribution in [0.5, 0.6) is 0 Å². The Morgan fingerprint density at radius 1 is 1.21 bits per heavy atom. The molecular weight excluding hydrogens is 380 g/mol. The molecule has 0 saturated carbocycles. The normalized spacial score (nSPS) is 17.7. The van der Waals surface area contributed by atoms with Crippen LogP contribution in [0.4, 0.5) is 11.6 Å². The van der Waals surface area contributed by atoms with Crippen LogP contribution in [0.15, 0.2) is 46.2 Å². The number of rotatable bonds is 5. The Kier molecular flexibility index (Phi) is 4.82. The average molecular weight is 400 g/mol. The molecule has 0 bridgehead atoms. The van der Waals surface area contributed by atoms with E-state index < -0.39 is 10.0 Å². The Hall–Kier alpha value is -2.85. The summed E-state index contributed by atoms with van der Waals surface area (Å²) in [6, 6.07) is 5.15. The van der Waals surface area contributed by atoms with Crippen LogP contribution in [-0.2, 0) is 10.0 Å². The monoisotopic (exact) mass is 400 g/mol. The zero-order valence-corrected chi connectivity index (χ0v) is 16.3. The smallest absolute Gasteiger partial charge is 0.249 e. The third kappa shape index (κ3) is 3.36. The van der Waals surface area contributed by atoms with Gasteiger partial charge in [0.25, 0.3) is 0 Å². The molecule has 1 saturated heterocycles. The van der Waals surface area contributed by atoms with Gasteiger partial charge in [-0.15, -0.1) is 0 Å². The van der Waals surface area contributed by atoms with Crippen molar-refractivity contribution < 1.29 is 12.9 Å². The summed E-state index contributed by atoms with van der Waals surface area (Å²) in [6.45, 7) is 3.68. The Morgan fingerprint density at radius 2 is 2.07 bits per heavy atom. The van der Waals surface area contributed by atoms with Gasteiger partial charge in [-0.05, 0) is 38.8 Å². The first-order chi connectivity index (χ1) is 13.5. The van der Waals surface area contributed by atoms with E-state index in [1.165, 1.54) is 4.31 Å². The fraction of sp³-hybridized carbons (Fsp3) is 0.333. The van der Waals surface area contributed by atoms with Gasteiger partial charge in [-0.3, -0.25) is 4.98 Å². The fourth-order valence-corrected chi connectivity index (χ4v) is 5.45. The quantitative estimate of drug-likeness (QED) is 0.695. The lowest BCUT2D eigenvalue weighted by Gasteiger charge is -2.23. The number of aromatic nitrogens is 4. The van der Waals surface area contributed by atoms with Crippen LogP contribution >= 0.6 is 0 Å². The van der Waals surface area contributed by atoms with Crippen LogP contribution in [0.25, 0.3) is 0 Å². The van der Waals surface area contributed by atoms with Crippen LogP contribution < -0.4 is 5.32 Å². The summed E-state index contributed by atoms with van der Waals surface area (Å²) in [6.07, 6.45) is 6.23. The van der Waals surface area contributed by atoms with Crippen LogP contribution in [0, 0.1) is 13.8 Å². The molecule has 4 heterocycles. The maximum Gasteiger partial charge on any atom is 0.249 e. The highest BCUT2D eigenvalue weighted by molar-refractivity contribution is 7.89. The van der Waals surface area contributed by atoms with E-state index in [0.29, 0.717) is 41.7 Å². The molecule has 0 aromatic carbocycles. The summed E-state index contributed by atoms with van der Waals surface area (Å²) in [5.41, 5.74) is 1.05. The summed E-state index contributed by atoms with van der Waals surface area (Å²) in [4.78, 5) is 12.9. The molecule has 1 atom stereocenters. The standard InChI is InChI=1S/C18H20N6O3S/c1-12-18(13(2)27-23-12)28(25,26)24-10-4-6-15(24)14-5-3-7-16(21-14)22-17-11-19-8-9-20-17/h3,5,7-9,11,15H,4,6,10H2,1-2H3,(H,20,21,22). The van der Waals surface area contributed by atoms with Crippen molar-refractivity contribution in [2.24, 2.45) is 0 Å². The largest absolute Gasteiger partial charge is 0.360 e. The minimum Gasteiger partial charge on any atom is -0.360 e. The highest BCUT2D eigenvalue weighted by atomic mass is 32.2. The molecule has 146 valence electrons. The molecule has 4 rings (SSSR count). The van der Waals surface area contributed by atoms with Crippen LogP contribution in [0.1, 0.15) is 36.0 Å². The van der Waals surface area contributed by atoms with E-state index in [4.69, 9.17) is 4.52 Å². The van der Waals surface area contributed by atoms with Crippen molar-refractivity contribution in [2.45, 2.75) is 37.6 Å². The minimum absolute atomic E-state index is 0.147. The van der Waals surface area contributed by atoms with Gasteiger partial charge < -0.3 is 9.84 Å². The van der Waals surface area contributed by atoms with Crippen molar-refractivity contribution in [1.82, 2.24) is 24.4 Å². The second kappa shape index (κ2) is 7.28. The van der Waals surface area contributed by atoms with Gasteiger partial charge in [0.05, 0.1) is 17.9 Å². The summed E-state index contributed by atoms with van der Waals surface area (Å²) < 4.78 is 33.1. The van der Waals surface area contributed by atoms with E-state index in [-0.39, 0.29) is 10.9 Å². The highest BCUT2D eigenvalue weighted by Gasteiger charge is 2.39. The molecule has 0 amide bonds. The topological polar surface area (TPSA) is 114 Å². The van der Waals surface area contributed by atoms with Gasteiger partial charge in [0.1, 0.15) is 22.2 Å². The Balaban J connectivity index is 1.65. The summed E-state index contributed by atoms with van der Waals surface area (Å²) in [5, 5.41) is 6.88. The fourth-order valence-electron chi connectivity index (χ4n) is 3.49. The lowest BCUT2D eigenvalue weighted by Crippen LogP contribution is -2.31. The number of pyridine rings is 1. The number of hydrogen-bond acceptors (Lipinski definition) is 8. The van der Waals surface area contributed by atoms with E-state index in [2.05, 4.69) is 25.4 Å². The maximum atomic E-state index is 13.3. The lowest BCUT2D eigenvalue weighted by molar-refractivity contribution is 0.381. The molecule has 0 radical (unpaired) electrons. The second-order valence-electron chi connectivity index (χ2n) is 6.59. The molecule has 1 aliphatic rings. The second-order valence-corrected chi connectivity index (χ2v) is 8.42. The first-order valence-electron chi connectivity index (χ1n) is 8.91. The molecule has 1 fully saturated rings. The Bertz CT molecular complexity index is 1060. The zero-order valence-electron chi connectivity index (χ0n) is 15.5. The number of aryl methyl sites for hydroxylation is 2. The van der Waals surface area contributed by atoms with E-state index in [0.717, 1.165) is 6.42 Å². The van der Waals surface area contributed by atoms with E-state index in [1.807, 2.05) is 12.1 Å². The van der Waals surface area contributed by atoms with Crippen molar-refractivity contribution in [1.29, 1.82) is 0 Å². The van der Waals surface area contributed by atoms with E-state index in [1.54, 1.807) is 38.5 Å².